The van der Waals surface area contributed by atoms with Crippen molar-refractivity contribution in [1.82, 2.24) is 10.2 Å². The van der Waals surface area contributed by atoms with E-state index < -0.39 is 0 Å². The van der Waals surface area contributed by atoms with Crippen molar-refractivity contribution >= 4 is 17.7 Å². The van der Waals surface area contributed by atoms with Crippen molar-refractivity contribution in [1.29, 1.82) is 0 Å². The molecule has 1 saturated carbocycles. The lowest BCUT2D eigenvalue weighted by Gasteiger charge is -2.39. The Morgan fingerprint density at radius 1 is 0.946 bits per heavy atom. The van der Waals surface area contributed by atoms with Gasteiger partial charge in [-0.15, -0.1) is 0 Å². The predicted molar refractivity (Wildman–Crippen MR) is 138 cm³/mol. The molecular formula is C29H34FN3O4. The molecule has 4 aliphatic rings. The number of hydrogen-bond acceptors (Lipinski definition) is 5. The standard InChI is InChI=1S/C29H34FN3O4/c30-26-14-20(18-3-5-19(6-4-18)28(35)31-21-8-9-21)7-12-27(26)32-13-1-2-25(17-32)37-29(36)33-22-10-11-23(33)16-24(34)15-22/h3-7,12,14,21-25,34H,1-2,8-11,13,15-17H2,(H,31,35). The Morgan fingerprint density at radius 2 is 1.65 bits per heavy atom. The van der Waals surface area contributed by atoms with Gasteiger partial charge in [0.15, 0.2) is 0 Å². The average Bonchev–Trinajstić information content (AvgIpc) is 3.66. The van der Waals surface area contributed by atoms with Gasteiger partial charge < -0.3 is 25.0 Å². The number of carbonyl (C=O) groups excluding carboxylic acids is 2. The van der Waals surface area contributed by atoms with E-state index in [0.29, 0.717) is 43.2 Å². The number of piperidine rings is 2. The molecule has 2 N–H and O–H groups in total. The highest BCUT2D eigenvalue weighted by Gasteiger charge is 2.44. The van der Waals surface area contributed by atoms with E-state index in [0.717, 1.165) is 49.7 Å². The first-order valence-electron chi connectivity index (χ1n) is 13.6. The molecule has 0 aromatic heterocycles. The highest BCUT2D eigenvalue weighted by atomic mass is 19.1. The number of carbonyl (C=O) groups is 2. The van der Waals surface area contributed by atoms with Gasteiger partial charge >= 0.3 is 6.09 Å². The van der Waals surface area contributed by atoms with E-state index in [1.54, 1.807) is 18.2 Å². The van der Waals surface area contributed by atoms with Crippen molar-refractivity contribution in [2.45, 2.75) is 81.7 Å². The van der Waals surface area contributed by atoms with Crippen LogP contribution in [0.15, 0.2) is 42.5 Å². The fourth-order valence-electron chi connectivity index (χ4n) is 6.16. The summed E-state index contributed by atoms with van der Waals surface area (Å²) >= 11 is 0. The summed E-state index contributed by atoms with van der Waals surface area (Å²) in [5, 5.41) is 13.0. The molecule has 0 radical (unpaired) electrons. The molecule has 196 valence electrons. The zero-order valence-electron chi connectivity index (χ0n) is 20.9. The minimum atomic E-state index is -0.331. The summed E-state index contributed by atoms with van der Waals surface area (Å²) in [6.45, 7) is 1.16. The predicted octanol–water partition coefficient (Wildman–Crippen LogP) is 4.48. The zero-order valence-corrected chi connectivity index (χ0v) is 20.9. The molecular weight excluding hydrogens is 473 g/mol. The van der Waals surface area contributed by atoms with E-state index in [9.17, 15) is 14.7 Å². The molecule has 2 amide bonds. The number of aliphatic hydroxyl groups excluding tert-OH is 1. The molecule has 0 spiro atoms. The van der Waals surface area contributed by atoms with Crippen LogP contribution in [-0.2, 0) is 4.74 Å². The smallest absolute Gasteiger partial charge is 0.410 e. The van der Waals surface area contributed by atoms with Crippen molar-refractivity contribution in [2.24, 2.45) is 0 Å². The number of ether oxygens (including phenoxy) is 1. The normalized spacial score (nSPS) is 27.2. The Bertz CT molecular complexity index is 1150. The van der Waals surface area contributed by atoms with Gasteiger partial charge in [0.1, 0.15) is 11.9 Å². The van der Waals surface area contributed by atoms with E-state index in [1.165, 1.54) is 6.07 Å². The van der Waals surface area contributed by atoms with E-state index in [1.807, 2.05) is 28.0 Å². The van der Waals surface area contributed by atoms with E-state index in [2.05, 4.69) is 5.32 Å². The summed E-state index contributed by atoms with van der Waals surface area (Å²) in [6.07, 6.45) is 5.82. The number of hydrogen-bond donors (Lipinski definition) is 2. The molecule has 3 aliphatic heterocycles. The molecule has 3 saturated heterocycles. The summed E-state index contributed by atoms with van der Waals surface area (Å²) < 4.78 is 21.2. The third-order valence-corrected chi connectivity index (χ3v) is 8.25. The zero-order chi connectivity index (χ0) is 25.5. The van der Waals surface area contributed by atoms with Crippen LogP contribution < -0.4 is 10.2 Å². The molecule has 4 fully saturated rings. The molecule has 8 heteroatoms. The fourth-order valence-corrected chi connectivity index (χ4v) is 6.16. The number of aliphatic hydroxyl groups is 1. The first-order valence-corrected chi connectivity index (χ1v) is 13.6. The topological polar surface area (TPSA) is 82.1 Å². The lowest BCUT2D eigenvalue weighted by atomic mass is 10.0. The van der Waals surface area contributed by atoms with E-state index >= 15 is 4.39 Å². The number of rotatable bonds is 5. The number of fused-ring (bicyclic) bond motifs is 2. The highest BCUT2D eigenvalue weighted by Crippen LogP contribution is 2.37. The second-order valence-corrected chi connectivity index (χ2v) is 11.0. The van der Waals surface area contributed by atoms with Crippen LogP contribution in [0.25, 0.3) is 11.1 Å². The molecule has 6 rings (SSSR count). The molecule has 3 heterocycles. The maximum atomic E-state index is 15.3. The molecule has 1 aliphatic carbocycles. The monoisotopic (exact) mass is 507 g/mol. The van der Waals surface area contributed by atoms with Gasteiger partial charge in [-0.2, -0.15) is 0 Å². The van der Waals surface area contributed by atoms with Gasteiger partial charge in [0, 0.05) is 30.2 Å². The maximum Gasteiger partial charge on any atom is 0.410 e. The minimum absolute atomic E-state index is 0.0626. The van der Waals surface area contributed by atoms with Crippen LogP contribution in [0.1, 0.15) is 61.7 Å². The Morgan fingerprint density at radius 3 is 2.32 bits per heavy atom. The number of amides is 2. The van der Waals surface area contributed by atoms with Gasteiger partial charge in [0.2, 0.25) is 0 Å². The molecule has 3 unspecified atom stereocenters. The van der Waals surface area contributed by atoms with Gasteiger partial charge in [-0.25, -0.2) is 9.18 Å². The van der Waals surface area contributed by atoms with Crippen LogP contribution >= 0.6 is 0 Å². The molecule has 2 aromatic carbocycles. The number of nitrogens with zero attached hydrogens (tertiary/aromatic N) is 2. The van der Waals surface area contributed by atoms with Crippen molar-refractivity contribution in [3.05, 3.63) is 53.8 Å². The lowest BCUT2D eigenvalue weighted by Crippen LogP contribution is -2.50. The van der Waals surface area contributed by atoms with Crippen LogP contribution in [0, 0.1) is 5.82 Å². The van der Waals surface area contributed by atoms with Crippen molar-refractivity contribution in [2.75, 3.05) is 18.0 Å². The van der Waals surface area contributed by atoms with Gasteiger partial charge in [0.05, 0.1) is 18.3 Å². The fraction of sp³-hybridized carbons (Fsp3) is 0.517. The number of halogens is 1. The first kappa shape index (κ1) is 24.2. The second kappa shape index (κ2) is 9.97. The van der Waals surface area contributed by atoms with Crippen LogP contribution in [-0.4, -0.2) is 65.4 Å². The summed E-state index contributed by atoms with van der Waals surface area (Å²) in [4.78, 5) is 29.0. The van der Waals surface area contributed by atoms with E-state index in [-0.39, 0.29) is 42.1 Å². The van der Waals surface area contributed by atoms with Crippen LogP contribution in [0.4, 0.5) is 14.9 Å². The first-order chi connectivity index (χ1) is 17.9. The largest absolute Gasteiger partial charge is 0.444 e. The quantitative estimate of drug-likeness (QED) is 0.624. The highest BCUT2D eigenvalue weighted by molar-refractivity contribution is 5.95. The Labute approximate surface area is 216 Å². The third kappa shape index (κ3) is 5.17. The van der Waals surface area contributed by atoms with Gasteiger partial charge in [-0.1, -0.05) is 18.2 Å². The van der Waals surface area contributed by atoms with Gasteiger partial charge in [-0.05, 0) is 86.8 Å². The van der Waals surface area contributed by atoms with Gasteiger partial charge in [-0.3, -0.25) is 4.79 Å². The minimum Gasteiger partial charge on any atom is -0.444 e. The molecule has 2 aromatic rings. The average molecular weight is 508 g/mol. The van der Waals surface area contributed by atoms with Gasteiger partial charge in [0.25, 0.3) is 5.91 Å². The number of anilines is 1. The Kier molecular flexibility index (Phi) is 6.53. The summed E-state index contributed by atoms with van der Waals surface area (Å²) in [7, 11) is 0. The van der Waals surface area contributed by atoms with Crippen molar-refractivity contribution in [3.63, 3.8) is 0 Å². The molecule has 37 heavy (non-hydrogen) atoms. The SMILES string of the molecule is O=C(NC1CC1)c1ccc(-c2ccc(N3CCCC(OC(=O)N4C5CCC4CC(O)C5)C3)c(F)c2)cc1. The number of benzene rings is 2. The van der Waals surface area contributed by atoms with Crippen LogP contribution in [0.3, 0.4) is 0 Å². The number of nitrogens with one attached hydrogen (secondary N) is 1. The van der Waals surface area contributed by atoms with E-state index in [4.69, 9.17) is 4.74 Å². The van der Waals surface area contributed by atoms with Crippen LogP contribution in [0.2, 0.25) is 0 Å². The van der Waals surface area contributed by atoms with Crippen molar-refractivity contribution < 1.29 is 23.8 Å². The lowest BCUT2D eigenvalue weighted by molar-refractivity contribution is 0.00639. The summed E-state index contributed by atoms with van der Waals surface area (Å²) in [5.74, 6) is -0.385. The van der Waals surface area contributed by atoms with Crippen molar-refractivity contribution in [3.8, 4) is 11.1 Å². The third-order valence-electron chi connectivity index (χ3n) is 8.25. The maximum absolute atomic E-state index is 15.3. The summed E-state index contributed by atoms with van der Waals surface area (Å²) in [6, 6.07) is 12.9. The molecule has 3 atom stereocenters. The molecule has 7 nitrogen and oxygen atoms in total. The Hall–Kier alpha value is -3.13. The molecule has 2 bridgehead atoms. The van der Waals surface area contributed by atoms with Crippen LogP contribution in [0.5, 0.6) is 0 Å². The Balaban J connectivity index is 1.09. The second-order valence-electron chi connectivity index (χ2n) is 11.0. The summed E-state index contributed by atoms with van der Waals surface area (Å²) in [5.41, 5.74) is 2.71.